The Morgan fingerprint density at radius 2 is 1.96 bits per heavy atom. The van der Waals surface area contributed by atoms with Gasteiger partial charge in [0.25, 0.3) is 0 Å². The third kappa shape index (κ3) is 4.77. The van der Waals surface area contributed by atoms with Crippen molar-refractivity contribution < 1.29 is 15.0 Å². The predicted molar refractivity (Wildman–Crippen MR) is 107 cm³/mol. The number of benzene rings is 2. The van der Waals surface area contributed by atoms with Crippen LogP contribution in [0.3, 0.4) is 0 Å². The van der Waals surface area contributed by atoms with E-state index in [1.54, 1.807) is 6.07 Å². The van der Waals surface area contributed by atoms with E-state index in [-0.39, 0.29) is 23.2 Å². The number of nitrogens with zero attached hydrogens (tertiary/aromatic N) is 2. The summed E-state index contributed by atoms with van der Waals surface area (Å²) in [5.41, 5.74) is 6.21. The molecule has 27 heavy (non-hydrogen) atoms. The highest BCUT2D eigenvalue weighted by molar-refractivity contribution is 7.99. The fraction of sp³-hybridized carbons (Fsp3) is 0.150. The van der Waals surface area contributed by atoms with Crippen molar-refractivity contribution in [1.82, 2.24) is 10.4 Å². The Morgan fingerprint density at radius 1 is 1.15 bits per heavy atom. The summed E-state index contributed by atoms with van der Waals surface area (Å²) in [6, 6.07) is 12.4. The van der Waals surface area contributed by atoms with Gasteiger partial charge in [-0.1, -0.05) is 23.4 Å². The van der Waals surface area contributed by atoms with Crippen molar-refractivity contribution in [2.24, 2.45) is 5.10 Å². The number of carbonyl (C=O) groups is 1. The van der Waals surface area contributed by atoms with E-state index in [0.717, 1.165) is 21.5 Å². The maximum absolute atomic E-state index is 12.0. The third-order valence-electron chi connectivity index (χ3n) is 3.90. The van der Waals surface area contributed by atoms with Gasteiger partial charge in [0.2, 0.25) is 5.91 Å². The maximum atomic E-state index is 12.0. The smallest absolute Gasteiger partial charge is 0.250 e. The Labute approximate surface area is 161 Å². The molecule has 0 aliphatic heterocycles. The number of aromatic nitrogens is 1. The molecule has 1 heterocycles. The molecule has 0 bridgehead atoms. The summed E-state index contributed by atoms with van der Waals surface area (Å²) in [5.74, 6) is -0.528. The van der Waals surface area contributed by atoms with Gasteiger partial charge in [0.05, 0.1) is 22.5 Å². The zero-order chi connectivity index (χ0) is 19.4. The van der Waals surface area contributed by atoms with Crippen LogP contribution in [0, 0.1) is 13.8 Å². The Bertz CT molecular complexity index is 1030. The van der Waals surface area contributed by atoms with E-state index in [4.69, 9.17) is 0 Å². The second-order valence-corrected chi connectivity index (χ2v) is 7.12. The summed E-state index contributed by atoms with van der Waals surface area (Å²) >= 11 is 1.34. The van der Waals surface area contributed by atoms with E-state index in [9.17, 15) is 15.0 Å². The number of nitrogens with one attached hydrogen (secondary N) is 1. The molecular weight excluding hydrogens is 362 g/mol. The van der Waals surface area contributed by atoms with Crippen LogP contribution in [0.5, 0.6) is 11.5 Å². The number of thioether (sulfide) groups is 1. The molecule has 2 aromatic carbocycles. The van der Waals surface area contributed by atoms with Crippen molar-refractivity contribution in [2.75, 3.05) is 5.75 Å². The quantitative estimate of drug-likeness (QED) is 0.272. The second-order valence-electron chi connectivity index (χ2n) is 6.13. The van der Waals surface area contributed by atoms with Crippen LogP contribution >= 0.6 is 11.8 Å². The predicted octanol–water partition coefficient (Wildman–Crippen LogP) is 3.51. The molecule has 0 fully saturated rings. The molecule has 6 nitrogen and oxygen atoms in total. The summed E-state index contributed by atoms with van der Waals surface area (Å²) in [5, 5.41) is 24.4. The van der Waals surface area contributed by atoms with Crippen molar-refractivity contribution in [1.29, 1.82) is 0 Å². The number of rotatable bonds is 5. The Balaban J connectivity index is 1.59. The summed E-state index contributed by atoms with van der Waals surface area (Å²) in [4.78, 5) is 16.5. The van der Waals surface area contributed by atoms with Crippen molar-refractivity contribution in [2.45, 2.75) is 18.9 Å². The molecule has 3 aromatic rings. The molecule has 0 aliphatic carbocycles. The van der Waals surface area contributed by atoms with Gasteiger partial charge in [0.1, 0.15) is 0 Å². The highest BCUT2D eigenvalue weighted by atomic mass is 32.2. The van der Waals surface area contributed by atoms with E-state index in [0.29, 0.717) is 5.56 Å². The van der Waals surface area contributed by atoms with Gasteiger partial charge in [-0.2, -0.15) is 5.10 Å². The van der Waals surface area contributed by atoms with Gasteiger partial charge < -0.3 is 10.2 Å². The number of amides is 1. The Kier molecular flexibility index (Phi) is 5.61. The number of pyridine rings is 1. The molecule has 0 atom stereocenters. The minimum Gasteiger partial charge on any atom is -0.504 e. The summed E-state index contributed by atoms with van der Waals surface area (Å²) in [7, 11) is 0. The first kappa shape index (κ1) is 18.7. The number of hydrogen-bond acceptors (Lipinski definition) is 6. The van der Waals surface area contributed by atoms with Crippen LogP contribution in [0.25, 0.3) is 10.9 Å². The lowest BCUT2D eigenvalue weighted by Gasteiger charge is -2.07. The van der Waals surface area contributed by atoms with Crippen molar-refractivity contribution in [3.8, 4) is 11.5 Å². The molecule has 0 saturated carbocycles. The third-order valence-corrected chi connectivity index (χ3v) is 4.81. The van der Waals surface area contributed by atoms with Crippen molar-refractivity contribution >= 4 is 34.8 Å². The van der Waals surface area contributed by atoms with E-state index < -0.39 is 0 Å². The SMILES string of the molecule is Cc1ccc2nc(SCC(=O)N/N=C/c3ccc(O)c(O)c3)cc(C)c2c1. The molecule has 0 spiro atoms. The first-order valence-corrected chi connectivity index (χ1v) is 9.25. The van der Waals surface area contributed by atoms with Gasteiger partial charge >= 0.3 is 0 Å². The number of aryl methyl sites for hydroxylation is 2. The number of phenolic OH excluding ortho intramolecular Hbond substituents is 2. The molecule has 3 rings (SSSR count). The average molecular weight is 381 g/mol. The minimum atomic E-state index is -0.261. The molecule has 0 unspecified atom stereocenters. The second kappa shape index (κ2) is 8.09. The van der Waals surface area contributed by atoms with E-state index in [1.165, 1.54) is 35.7 Å². The van der Waals surface area contributed by atoms with Crippen LogP contribution in [-0.2, 0) is 4.79 Å². The van der Waals surface area contributed by atoms with E-state index in [2.05, 4.69) is 21.6 Å². The first-order valence-electron chi connectivity index (χ1n) is 8.27. The minimum absolute atomic E-state index is 0.183. The number of aromatic hydroxyl groups is 2. The lowest BCUT2D eigenvalue weighted by Crippen LogP contribution is -2.19. The largest absolute Gasteiger partial charge is 0.504 e. The number of hydrogen-bond donors (Lipinski definition) is 3. The Morgan fingerprint density at radius 3 is 2.74 bits per heavy atom. The first-order chi connectivity index (χ1) is 12.9. The van der Waals surface area contributed by atoms with Crippen molar-refractivity contribution in [3.05, 3.63) is 59.2 Å². The zero-order valence-corrected chi connectivity index (χ0v) is 15.7. The highest BCUT2D eigenvalue weighted by Gasteiger charge is 2.07. The number of hydrazone groups is 1. The van der Waals surface area contributed by atoms with Gasteiger partial charge in [0.15, 0.2) is 11.5 Å². The van der Waals surface area contributed by atoms with Crippen LogP contribution < -0.4 is 5.43 Å². The monoisotopic (exact) mass is 381 g/mol. The lowest BCUT2D eigenvalue weighted by atomic mass is 10.1. The van der Waals surface area contributed by atoms with Gasteiger partial charge in [-0.15, -0.1) is 0 Å². The van der Waals surface area contributed by atoms with Crippen LogP contribution in [-0.4, -0.2) is 33.1 Å². The van der Waals surface area contributed by atoms with Crippen LogP contribution in [0.1, 0.15) is 16.7 Å². The Hall–Kier alpha value is -3.06. The molecule has 1 aromatic heterocycles. The van der Waals surface area contributed by atoms with Gasteiger partial charge in [-0.05, 0) is 61.4 Å². The zero-order valence-electron chi connectivity index (χ0n) is 14.9. The summed E-state index contributed by atoms with van der Waals surface area (Å²) in [6.45, 7) is 4.08. The fourth-order valence-corrected chi connectivity index (χ4v) is 3.29. The molecule has 0 radical (unpaired) electrons. The van der Waals surface area contributed by atoms with Crippen LogP contribution in [0.15, 0.2) is 52.6 Å². The van der Waals surface area contributed by atoms with Gasteiger partial charge in [-0.3, -0.25) is 4.79 Å². The number of carbonyl (C=O) groups excluding carboxylic acids is 1. The standard InChI is InChI=1S/C20H19N3O3S/c1-12-3-5-16-15(7-12)13(2)8-20(22-16)27-11-19(26)23-21-10-14-4-6-17(24)18(25)9-14/h3-10,24-25H,11H2,1-2H3,(H,23,26)/b21-10+. The highest BCUT2D eigenvalue weighted by Crippen LogP contribution is 2.25. The summed E-state index contributed by atoms with van der Waals surface area (Å²) in [6.07, 6.45) is 1.39. The van der Waals surface area contributed by atoms with Gasteiger partial charge in [0, 0.05) is 5.39 Å². The van der Waals surface area contributed by atoms with E-state index >= 15 is 0 Å². The van der Waals surface area contributed by atoms with Gasteiger partial charge in [-0.25, -0.2) is 10.4 Å². The van der Waals surface area contributed by atoms with Crippen LogP contribution in [0.4, 0.5) is 0 Å². The lowest BCUT2D eigenvalue weighted by molar-refractivity contribution is -0.118. The molecule has 7 heteroatoms. The normalized spacial score (nSPS) is 11.2. The van der Waals surface area contributed by atoms with E-state index in [1.807, 2.05) is 32.0 Å². The summed E-state index contributed by atoms with van der Waals surface area (Å²) < 4.78 is 0. The number of phenols is 2. The molecule has 1 amide bonds. The maximum Gasteiger partial charge on any atom is 0.250 e. The molecular formula is C20H19N3O3S. The molecule has 3 N–H and O–H groups in total. The van der Waals surface area contributed by atoms with Crippen molar-refractivity contribution in [3.63, 3.8) is 0 Å². The molecule has 138 valence electrons. The number of fused-ring (bicyclic) bond motifs is 1. The fourth-order valence-electron chi connectivity index (χ4n) is 2.52. The van der Waals surface area contributed by atoms with Crippen LogP contribution in [0.2, 0.25) is 0 Å². The molecule has 0 aliphatic rings. The topological polar surface area (TPSA) is 94.8 Å². The average Bonchev–Trinajstić information content (AvgIpc) is 2.63. The molecule has 0 saturated heterocycles.